The highest BCUT2D eigenvalue weighted by Crippen LogP contribution is 2.16. The first-order valence-electron chi connectivity index (χ1n) is 6.70. The zero-order valence-electron chi connectivity index (χ0n) is 11.4. The molecule has 2 aromatic heterocycles. The number of rotatable bonds is 7. The highest BCUT2D eigenvalue weighted by Gasteiger charge is 2.07. The van der Waals surface area contributed by atoms with E-state index in [2.05, 4.69) is 36.3 Å². The molecule has 0 aliphatic heterocycles. The largest absolute Gasteiger partial charge is 0.383 e. The van der Waals surface area contributed by atoms with E-state index in [4.69, 9.17) is 0 Å². The van der Waals surface area contributed by atoms with E-state index in [0.29, 0.717) is 11.0 Å². The highest BCUT2D eigenvalue weighted by atomic mass is 79.9. The Morgan fingerprint density at radius 3 is 3.05 bits per heavy atom. The lowest BCUT2D eigenvalue weighted by molar-refractivity contribution is 0.566. The van der Waals surface area contributed by atoms with Crippen LogP contribution < -0.4 is 10.9 Å². The Bertz CT molecular complexity index is 593. The monoisotopic (exact) mass is 339 g/mol. The second-order valence-corrected chi connectivity index (χ2v) is 5.26. The van der Waals surface area contributed by atoms with E-state index in [9.17, 15) is 4.79 Å². The first-order valence-corrected chi connectivity index (χ1v) is 7.49. The lowest BCUT2D eigenvalue weighted by atomic mass is 10.3. The van der Waals surface area contributed by atoms with Gasteiger partial charge in [-0.25, -0.2) is 9.67 Å². The molecule has 0 fully saturated rings. The Kier molecular flexibility index (Phi) is 5.34. The van der Waals surface area contributed by atoms with E-state index in [-0.39, 0.29) is 5.56 Å². The topological polar surface area (TPSA) is 75.6 Å². The minimum Gasteiger partial charge on any atom is -0.383 e. The predicted molar refractivity (Wildman–Crippen MR) is 81.9 cm³/mol. The summed E-state index contributed by atoms with van der Waals surface area (Å²) in [6, 6.07) is 0. The summed E-state index contributed by atoms with van der Waals surface area (Å²) in [5.41, 5.74) is 0.643. The fourth-order valence-electron chi connectivity index (χ4n) is 1.87. The summed E-state index contributed by atoms with van der Waals surface area (Å²) < 4.78 is 2.01. The van der Waals surface area contributed by atoms with Gasteiger partial charge in [-0.2, -0.15) is 5.10 Å². The van der Waals surface area contributed by atoms with Gasteiger partial charge in [0.05, 0.1) is 11.9 Å². The molecular formula is C13H18BrN5O. The summed E-state index contributed by atoms with van der Waals surface area (Å²) in [4.78, 5) is 19.2. The third-order valence-electron chi connectivity index (χ3n) is 2.88. The molecule has 20 heavy (non-hydrogen) atoms. The number of hydrogen-bond donors (Lipinski definition) is 2. The number of nitrogens with one attached hydrogen (secondary N) is 2. The summed E-state index contributed by atoms with van der Waals surface area (Å²) in [6.07, 6.45) is 7.94. The number of halogens is 1. The van der Waals surface area contributed by atoms with E-state index in [1.54, 1.807) is 12.4 Å². The maximum atomic E-state index is 12.0. The van der Waals surface area contributed by atoms with Crippen LogP contribution in [0.4, 0.5) is 5.69 Å². The molecule has 6 nitrogen and oxygen atoms in total. The molecule has 0 aromatic carbocycles. The van der Waals surface area contributed by atoms with Crippen molar-refractivity contribution in [2.24, 2.45) is 0 Å². The molecule has 0 radical (unpaired) electrons. The summed E-state index contributed by atoms with van der Waals surface area (Å²) in [6.45, 7) is 3.41. The molecule has 0 amide bonds. The highest BCUT2D eigenvalue weighted by molar-refractivity contribution is 9.10. The summed E-state index contributed by atoms with van der Waals surface area (Å²) >= 11 is 3.34. The third kappa shape index (κ3) is 3.69. The van der Waals surface area contributed by atoms with Gasteiger partial charge in [0, 0.05) is 31.9 Å². The second-order valence-electron chi connectivity index (χ2n) is 4.47. The first-order chi connectivity index (χ1) is 9.72. The average Bonchev–Trinajstić information content (AvgIpc) is 2.95. The number of hydrogen-bond acceptors (Lipinski definition) is 4. The van der Waals surface area contributed by atoms with Gasteiger partial charge in [-0.1, -0.05) is 6.92 Å². The van der Waals surface area contributed by atoms with Gasteiger partial charge in [0.15, 0.2) is 0 Å². The van der Waals surface area contributed by atoms with Crippen LogP contribution in [-0.2, 0) is 13.0 Å². The first kappa shape index (κ1) is 14.8. The van der Waals surface area contributed by atoms with Crippen LogP contribution in [0.15, 0.2) is 27.9 Å². The van der Waals surface area contributed by atoms with E-state index in [1.807, 2.05) is 13.1 Å². The lowest BCUT2D eigenvalue weighted by Gasteiger charge is -2.09. The summed E-state index contributed by atoms with van der Waals surface area (Å²) in [5.74, 6) is 0.974. The Balaban J connectivity index is 1.89. The van der Waals surface area contributed by atoms with Crippen LogP contribution >= 0.6 is 15.9 Å². The maximum absolute atomic E-state index is 12.0. The summed E-state index contributed by atoms with van der Waals surface area (Å²) in [5, 5.41) is 7.37. The van der Waals surface area contributed by atoms with Gasteiger partial charge < -0.3 is 10.3 Å². The molecule has 0 unspecified atom stereocenters. The molecular weight excluding hydrogens is 322 g/mol. The molecule has 0 saturated heterocycles. The molecule has 0 aliphatic carbocycles. The molecule has 0 spiro atoms. The molecule has 0 atom stereocenters. The zero-order chi connectivity index (χ0) is 14.4. The Labute approximate surface area is 125 Å². The number of H-pyrrole nitrogens is 1. The Hall–Kier alpha value is -1.63. The number of anilines is 1. The van der Waals surface area contributed by atoms with Gasteiger partial charge in [-0.3, -0.25) is 4.79 Å². The fraction of sp³-hybridized carbons (Fsp3) is 0.462. The van der Waals surface area contributed by atoms with Crippen LogP contribution in [0.25, 0.3) is 0 Å². The smallest absolute Gasteiger partial charge is 0.283 e. The minimum absolute atomic E-state index is 0.0946. The van der Waals surface area contributed by atoms with E-state index in [1.165, 1.54) is 4.68 Å². The maximum Gasteiger partial charge on any atom is 0.283 e. The van der Waals surface area contributed by atoms with Crippen molar-refractivity contribution in [3.8, 4) is 0 Å². The van der Waals surface area contributed by atoms with Crippen molar-refractivity contribution in [3.63, 3.8) is 0 Å². The number of aromatic nitrogens is 4. The molecule has 0 bridgehead atoms. The molecule has 2 aromatic rings. The molecule has 2 rings (SSSR count). The van der Waals surface area contributed by atoms with Crippen LogP contribution in [0.3, 0.4) is 0 Å². The van der Waals surface area contributed by atoms with Crippen LogP contribution in [0, 0.1) is 0 Å². The van der Waals surface area contributed by atoms with Crippen molar-refractivity contribution in [2.75, 3.05) is 11.9 Å². The summed E-state index contributed by atoms with van der Waals surface area (Å²) in [7, 11) is 0. The number of aryl methyl sites for hydroxylation is 2. The molecule has 108 valence electrons. The second kappa shape index (κ2) is 7.23. The van der Waals surface area contributed by atoms with Gasteiger partial charge in [0.1, 0.15) is 10.3 Å². The minimum atomic E-state index is -0.0946. The third-order valence-corrected chi connectivity index (χ3v) is 3.65. The molecule has 7 heteroatoms. The number of imidazole rings is 1. The van der Waals surface area contributed by atoms with Gasteiger partial charge in [0.25, 0.3) is 5.56 Å². The van der Waals surface area contributed by atoms with Gasteiger partial charge in [-0.15, -0.1) is 0 Å². The normalized spacial score (nSPS) is 10.7. The van der Waals surface area contributed by atoms with Crippen LogP contribution in [0.1, 0.15) is 25.6 Å². The fourth-order valence-corrected chi connectivity index (χ4v) is 2.32. The van der Waals surface area contributed by atoms with Crippen molar-refractivity contribution in [1.29, 1.82) is 0 Å². The van der Waals surface area contributed by atoms with E-state index in [0.717, 1.165) is 37.3 Å². The standard InChI is InChI=1S/C13H18BrN5O/c1-2-8-19-13(20)12(14)10(9-18-19)15-5-3-4-11-16-6-7-17-11/h6-7,9,15H,2-5,8H2,1H3,(H,16,17). The van der Waals surface area contributed by atoms with Gasteiger partial charge in [0.2, 0.25) is 0 Å². The van der Waals surface area contributed by atoms with Crippen molar-refractivity contribution < 1.29 is 0 Å². The van der Waals surface area contributed by atoms with Crippen LogP contribution in [0.5, 0.6) is 0 Å². The molecule has 0 saturated carbocycles. The van der Waals surface area contributed by atoms with E-state index < -0.39 is 0 Å². The van der Waals surface area contributed by atoms with E-state index >= 15 is 0 Å². The molecule has 2 N–H and O–H groups in total. The molecule has 0 aliphatic rings. The van der Waals surface area contributed by atoms with Crippen LogP contribution in [-0.4, -0.2) is 26.3 Å². The number of nitrogens with zero attached hydrogens (tertiary/aromatic N) is 3. The average molecular weight is 340 g/mol. The number of aromatic amines is 1. The quantitative estimate of drug-likeness (QED) is 0.758. The lowest BCUT2D eigenvalue weighted by Crippen LogP contribution is -2.24. The SMILES string of the molecule is CCCn1ncc(NCCCc2ncc[nH]2)c(Br)c1=O. The van der Waals surface area contributed by atoms with Crippen LogP contribution in [0.2, 0.25) is 0 Å². The molecule has 2 heterocycles. The van der Waals surface area contributed by atoms with Crippen molar-refractivity contribution in [2.45, 2.75) is 32.7 Å². The Morgan fingerprint density at radius 2 is 2.35 bits per heavy atom. The van der Waals surface area contributed by atoms with Crippen molar-refractivity contribution >= 4 is 21.6 Å². The zero-order valence-corrected chi connectivity index (χ0v) is 13.0. The van der Waals surface area contributed by atoms with Crippen molar-refractivity contribution in [3.05, 3.63) is 39.2 Å². The van der Waals surface area contributed by atoms with Crippen molar-refractivity contribution in [1.82, 2.24) is 19.7 Å². The van der Waals surface area contributed by atoms with Gasteiger partial charge in [-0.05, 0) is 28.8 Å². The predicted octanol–water partition coefficient (Wildman–Crippen LogP) is 2.18. The Morgan fingerprint density at radius 1 is 1.50 bits per heavy atom. The van der Waals surface area contributed by atoms with Gasteiger partial charge >= 0.3 is 0 Å².